The molecule has 98 valence electrons. The number of hydrogen-bond donors (Lipinski definition) is 2. The summed E-state index contributed by atoms with van der Waals surface area (Å²) in [5.41, 5.74) is 1.90. The maximum atomic E-state index is 11.6. The van der Waals surface area contributed by atoms with Crippen LogP contribution in [-0.4, -0.2) is 25.0 Å². The molecule has 0 saturated heterocycles. The number of carbonyl (C=O) groups is 1. The minimum absolute atomic E-state index is 0.264. The van der Waals surface area contributed by atoms with Crippen molar-refractivity contribution in [1.82, 2.24) is 10.3 Å². The zero-order valence-corrected chi connectivity index (χ0v) is 10.9. The molecule has 2 N–H and O–H groups in total. The van der Waals surface area contributed by atoms with E-state index in [0.717, 1.165) is 22.2 Å². The normalized spacial score (nSPS) is 11.8. The quantitative estimate of drug-likeness (QED) is 0.873. The summed E-state index contributed by atoms with van der Waals surface area (Å²) in [6.07, 6.45) is 2.21. The molecule has 0 spiro atoms. The van der Waals surface area contributed by atoms with Crippen LogP contribution < -0.4 is 10.1 Å². The number of benzene rings is 1. The number of nitrogens with one attached hydrogen (secondary N) is 2. The molecular weight excluding hydrogens is 242 g/mol. The molecule has 5 nitrogen and oxygen atoms in total. The SMILES string of the molecule is CNC(=O)[C@H](C#N)Cc1c[nH]c2ccc(OC)cc12. The first-order chi connectivity index (χ1) is 9.19. The monoisotopic (exact) mass is 257 g/mol. The first-order valence-corrected chi connectivity index (χ1v) is 5.94. The maximum Gasteiger partial charge on any atom is 0.237 e. The second-order valence-corrected chi connectivity index (χ2v) is 4.23. The molecule has 1 aromatic heterocycles. The van der Waals surface area contributed by atoms with Crippen LogP contribution in [0.5, 0.6) is 5.75 Å². The predicted octanol–water partition coefficient (Wildman–Crippen LogP) is 1.60. The number of ether oxygens (including phenoxy) is 1. The van der Waals surface area contributed by atoms with Crippen LogP contribution in [0.3, 0.4) is 0 Å². The van der Waals surface area contributed by atoms with Gasteiger partial charge in [-0.1, -0.05) is 0 Å². The average Bonchev–Trinajstić information content (AvgIpc) is 2.85. The topological polar surface area (TPSA) is 77.9 Å². The van der Waals surface area contributed by atoms with E-state index in [-0.39, 0.29) is 5.91 Å². The van der Waals surface area contributed by atoms with Crippen molar-refractivity contribution in [1.29, 1.82) is 5.26 Å². The summed E-state index contributed by atoms with van der Waals surface area (Å²) in [6.45, 7) is 0. The van der Waals surface area contributed by atoms with Crippen LogP contribution in [0, 0.1) is 17.2 Å². The highest BCUT2D eigenvalue weighted by Gasteiger charge is 2.18. The van der Waals surface area contributed by atoms with E-state index in [1.807, 2.05) is 30.5 Å². The van der Waals surface area contributed by atoms with E-state index in [1.54, 1.807) is 7.11 Å². The number of methoxy groups -OCH3 is 1. The molecule has 0 aliphatic rings. The van der Waals surface area contributed by atoms with Crippen LogP contribution >= 0.6 is 0 Å². The Kier molecular flexibility index (Phi) is 3.71. The van der Waals surface area contributed by atoms with Gasteiger partial charge in [-0.25, -0.2) is 0 Å². The summed E-state index contributed by atoms with van der Waals surface area (Å²) in [5.74, 6) is -0.197. The third kappa shape index (κ3) is 2.52. The Morgan fingerprint density at radius 2 is 2.37 bits per heavy atom. The fourth-order valence-corrected chi connectivity index (χ4v) is 2.04. The lowest BCUT2D eigenvalue weighted by Crippen LogP contribution is -2.27. The molecule has 1 aromatic carbocycles. The lowest BCUT2D eigenvalue weighted by atomic mass is 9.99. The lowest BCUT2D eigenvalue weighted by Gasteiger charge is -2.07. The van der Waals surface area contributed by atoms with Crippen molar-refractivity contribution >= 4 is 16.8 Å². The van der Waals surface area contributed by atoms with Gasteiger partial charge in [-0.2, -0.15) is 5.26 Å². The third-order valence-electron chi connectivity index (χ3n) is 3.12. The molecule has 2 rings (SSSR count). The summed E-state index contributed by atoms with van der Waals surface area (Å²) < 4.78 is 5.19. The van der Waals surface area contributed by atoms with E-state index in [0.29, 0.717) is 6.42 Å². The largest absolute Gasteiger partial charge is 0.497 e. The number of nitriles is 1. The Hall–Kier alpha value is -2.48. The molecule has 1 atom stereocenters. The molecule has 0 aliphatic carbocycles. The van der Waals surface area contributed by atoms with Crippen LogP contribution in [0.2, 0.25) is 0 Å². The molecule has 1 amide bonds. The highest BCUT2D eigenvalue weighted by molar-refractivity contribution is 5.86. The van der Waals surface area contributed by atoms with Gasteiger partial charge in [0.05, 0.1) is 13.2 Å². The Morgan fingerprint density at radius 3 is 3.00 bits per heavy atom. The smallest absolute Gasteiger partial charge is 0.237 e. The van der Waals surface area contributed by atoms with Crippen molar-refractivity contribution in [3.63, 3.8) is 0 Å². The van der Waals surface area contributed by atoms with E-state index >= 15 is 0 Å². The summed E-state index contributed by atoms with van der Waals surface area (Å²) in [4.78, 5) is 14.7. The van der Waals surface area contributed by atoms with Gasteiger partial charge in [0.1, 0.15) is 11.7 Å². The highest BCUT2D eigenvalue weighted by Crippen LogP contribution is 2.25. The van der Waals surface area contributed by atoms with Gasteiger partial charge in [0.15, 0.2) is 0 Å². The molecule has 0 unspecified atom stereocenters. The number of H-pyrrole nitrogens is 1. The van der Waals surface area contributed by atoms with Gasteiger partial charge >= 0.3 is 0 Å². The Balaban J connectivity index is 2.35. The molecule has 0 radical (unpaired) electrons. The summed E-state index contributed by atoms with van der Waals surface area (Å²) in [5, 5.41) is 12.5. The number of aromatic amines is 1. The highest BCUT2D eigenvalue weighted by atomic mass is 16.5. The first kappa shape index (κ1) is 13.0. The summed E-state index contributed by atoms with van der Waals surface area (Å²) >= 11 is 0. The minimum Gasteiger partial charge on any atom is -0.497 e. The van der Waals surface area contributed by atoms with Gasteiger partial charge in [0, 0.05) is 24.1 Å². The van der Waals surface area contributed by atoms with Crippen LogP contribution in [0.15, 0.2) is 24.4 Å². The van der Waals surface area contributed by atoms with Crippen molar-refractivity contribution in [3.8, 4) is 11.8 Å². The number of amides is 1. The standard InChI is InChI=1S/C14H15N3O2/c1-16-14(18)9(7-15)5-10-8-17-13-4-3-11(19-2)6-12(10)13/h3-4,6,8-9,17H,5H2,1-2H3,(H,16,18)/t9-/m0/s1. The minimum atomic E-state index is -0.685. The van der Waals surface area contributed by atoms with E-state index in [4.69, 9.17) is 10.00 Å². The Bertz CT molecular complexity index is 640. The van der Waals surface area contributed by atoms with Gasteiger partial charge < -0.3 is 15.0 Å². The second kappa shape index (κ2) is 5.44. The van der Waals surface area contributed by atoms with E-state index in [9.17, 15) is 4.79 Å². The Morgan fingerprint density at radius 1 is 1.58 bits per heavy atom. The van der Waals surface area contributed by atoms with Crippen LogP contribution in [0.4, 0.5) is 0 Å². The molecule has 0 bridgehead atoms. The molecule has 0 aliphatic heterocycles. The van der Waals surface area contributed by atoms with E-state index < -0.39 is 5.92 Å². The molecule has 0 saturated carbocycles. The fourth-order valence-electron chi connectivity index (χ4n) is 2.04. The third-order valence-corrected chi connectivity index (χ3v) is 3.12. The number of rotatable bonds is 4. The van der Waals surface area contributed by atoms with Crippen LogP contribution in [0.25, 0.3) is 10.9 Å². The number of hydrogen-bond acceptors (Lipinski definition) is 3. The number of fused-ring (bicyclic) bond motifs is 1. The average molecular weight is 257 g/mol. The number of carbonyl (C=O) groups excluding carboxylic acids is 1. The predicted molar refractivity (Wildman–Crippen MR) is 71.7 cm³/mol. The molecule has 1 heterocycles. The lowest BCUT2D eigenvalue weighted by molar-refractivity contribution is -0.122. The van der Waals surface area contributed by atoms with Crippen molar-refractivity contribution < 1.29 is 9.53 Å². The zero-order valence-electron chi connectivity index (χ0n) is 10.9. The van der Waals surface area contributed by atoms with Crippen molar-refractivity contribution in [2.75, 3.05) is 14.2 Å². The van der Waals surface area contributed by atoms with Crippen molar-refractivity contribution in [3.05, 3.63) is 30.0 Å². The van der Waals surface area contributed by atoms with Gasteiger partial charge in [-0.15, -0.1) is 0 Å². The van der Waals surface area contributed by atoms with E-state index in [1.165, 1.54) is 7.05 Å². The Labute approximate surface area is 111 Å². The molecule has 19 heavy (non-hydrogen) atoms. The summed E-state index contributed by atoms with van der Waals surface area (Å²) in [7, 11) is 3.14. The fraction of sp³-hybridized carbons (Fsp3) is 0.286. The van der Waals surface area contributed by atoms with Crippen LogP contribution in [-0.2, 0) is 11.2 Å². The molecular formula is C14H15N3O2. The summed E-state index contributed by atoms with van der Waals surface area (Å²) in [6, 6.07) is 7.71. The number of nitrogens with zero attached hydrogens (tertiary/aromatic N) is 1. The molecule has 2 aromatic rings. The van der Waals surface area contributed by atoms with Crippen molar-refractivity contribution in [2.24, 2.45) is 5.92 Å². The maximum absolute atomic E-state index is 11.6. The second-order valence-electron chi connectivity index (χ2n) is 4.23. The number of aromatic nitrogens is 1. The van der Waals surface area contributed by atoms with Gasteiger partial charge in [0.25, 0.3) is 0 Å². The molecule has 0 fully saturated rings. The van der Waals surface area contributed by atoms with Crippen molar-refractivity contribution in [2.45, 2.75) is 6.42 Å². The van der Waals surface area contributed by atoms with Gasteiger partial charge in [-0.05, 0) is 30.2 Å². The van der Waals surface area contributed by atoms with Crippen LogP contribution in [0.1, 0.15) is 5.56 Å². The van der Waals surface area contributed by atoms with E-state index in [2.05, 4.69) is 10.3 Å². The van der Waals surface area contributed by atoms with Gasteiger partial charge in [-0.3, -0.25) is 4.79 Å². The first-order valence-electron chi connectivity index (χ1n) is 5.94. The zero-order chi connectivity index (χ0) is 13.8. The molecule has 5 heteroatoms. The van der Waals surface area contributed by atoms with Gasteiger partial charge in [0.2, 0.25) is 5.91 Å².